The van der Waals surface area contributed by atoms with Gasteiger partial charge in [0.05, 0.1) is 0 Å². The minimum atomic E-state index is -3.44. The lowest BCUT2D eigenvalue weighted by Crippen LogP contribution is -2.22. The van der Waals surface area contributed by atoms with Crippen LogP contribution < -0.4 is 4.72 Å². The Labute approximate surface area is 140 Å². The number of thiophene rings is 1. The van der Waals surface area contributed by atoms with Crippen molar-refractivity contribution in [2.45, 2.75) is 24.6 Å². The van der Waals surface area contributed by atoms with Crippen LogP contribution in [0.15, 0.2) is 58.1 Å². The van der Waals surface area contributed by atoms with Gasteiger partial charge >= 0.3 is 0 Å². The lowest BCUT2D eigenvalue weighted by atomic mass is 10.2. The Balaban J connectivity index is 1.86. The smallest absolute Gasteiger partial charge is 0.250 e. The minimum Gasteiger partial charge on any atom is -0.318 e. The van der Waals surface area contributed by atoms with E-state index in [2.05, 4.69) is 9.29 Å². The molecule has 0 saturated carbocycles. The summed E-state index contributed by atoms with van der Waals surface area (Å²) in [5.41, 5.74) is 4.18. The number of sulfonamides is 1. The third-order valence-electron chi connectivity index (χ3n) is 3.76. The molecule has 0 atom stereocenters. The van der Waals surface area contributed by atoms with Crippen LogP contribution in [0.5, 0.6) is 0 Å². The van der Waals surface area contributed by atoms with E-state index in [4.69, 9.17) is 0 Å². The van der Waals surface area contributed by atoms with Crippen molar-refractivity contribution in [3.8, 4) is 5.69 Å². The van der Waals surface area contributed by atoms with Crippen LogP contribution in [0, 0.1) is 13.8 Å². The largest absolute Gasteiger partial charge is 0.318 e. The van der Waals surface area contributed by atoms with Crippen LogP contribution in [0.1, 0.15) is 17.0 Å². The van der Waals surface area contributed by atoms with Crippen molar-refractivity contribution >= 4 is 21.4 Å². The van der Waals surface area contributed by atoms with Crippen LogP contribution in [0.25, 0.3) is 5.69 Å². The molecule has 3 aromatic rings. The van der Waals surface area contributed by atoms with E-state index < -0.39 is 10.0 Å². The van der Waals surface area contributed by atoms with Gasteiger partial charge < -0.3 is 4.57 Å². The third kappa shape index (κ3) is 3.24. The van der Waals surface area contributed by atoms with Crippen LogP contribution in [0.3, 0.4) is 0 Å². The van der Waals surface area contributed by atoms with Gasteiger partial charge in [0.2, 0.25) is 10.0 Å². The molecule has 6 heteroatoms. The number of nitrogens with one attached hydrogen (secondary N) is 1. The summed E-state index contributed by atoms with van der Waals surface area (Å²) in [5, 5.41) is 1.76. The average Bonchev–Trinajstić information content (AvgIpc) is 3.15. The van der Waals surface area contributed by atoms with Gasteiger partial charge in [-0.05, 0) is 49.1 Å². The van der Waals surface area contributed by atoms with E-state index in [9.17, 15) is 8.42 Å². The molecule has 0 saturated heterocycles. The zero-order valence-electron chi connectivity index (χ0n) is 13.0. The molecule has 2 aromatic heterocycles. The molecule has 0 aliphatic rings. The Bertz CT molecular complexity index is 896. The molecule has 23 heavy (non-hydrogen) atoms. The topological polar surface area (TPSA) is 51.1 Å². The monoisotopic (exact) mass is 346 g/mol. The molecule has 0 amide bonds. The first kappa shape index (κ1) is 16.0. The van der Waals surface area contributed by atoms with Crippen molar-refractivity contribution < 1.29 is 8.42 Å². The van der Waals surface area contributed by atoms with Crippen LogP contribution in [-0.4, -0.2) is 13.0 Å². The lowest BCUT2D eigenvalue weighted by Gasteiger charge is -2.10. The van der Waals surface area contributed by atoms with Gasteiger partial charge in [0.25, 0.3) is 0 Å². The van der Waals surface area contributed by atoms with Gasteiger partial charge in [0.1, 0.15) is 4.21 Å². The maximum atomic E-state index is 12.2. The van der Waals surface area contributed by atoms with Gasteiger partial charge in [-0.1, -0.05) is 24.3 Å². The highest BCUT2D eigenvalue weighted by atomic mass is 32.2. The summed E-state index contributed by atoms with van der Waals surface area (Å²) in [6, 6.07) is 15.4. The van der Waals surface area contributed by atoms with E-state index in [1.807, 2.05) is 50.2 Å². The molecular formula is C17H18N2O2S2. The Kier molecular flexibility index (Phi) is 4.39. The van der Waals surface area contributed by atoms with Crippen molar-refractivity contribution in [1.29, 1.82) is 0 Å². The summed E-state index contributed by atoms with van der Waals surface area (Å²) in [6.07, 6.45) is 0. The molecule has 0 bridgehead atoms. The number of rotatable bonds is 5. The molecule has 4 nitrogen and oxygen atoms in total. The lowest BCUT2D eigenvalue weighted by molar-refractivity contribution is 0.583. The molecule has 0 spiro atoms. The van der Waals surface area contributed by atoms with Gasteiger partial charge in [-0.25, -0.2) is 13.1 Å². The number of aromatic nitrogens is 1. The fourth-order valence-electron chi connectivity index (χ4n) is 2.64. The number of benzene rings is 1. The molecule has 0 unspecified atom stereocenters. The van der Waals surface area contributed by atoms with Crippen LogP contribution in [0.2, 0.25) is 0 Å². The fraction of sp³-hybridized carbons (Fsp3) is 0.176. The van der Waals surface area contributed by atoms with E-state index in [-0.39, 0.29) is 6.54 Å². The summed E-state index contributed by atoms with van der Waals surface area (Å²) >= 11 is 1.22. The zero-order chi connectivity index (χ0) is 16.4. The number of aryl methyl sites for hydroxylation is 1. The second-order valence-electron chi connectivity index (χ2n) is 5.32. The number of para-hydroxylation sites is 1. The highest BCUT2D eigenvalue weighted by Crippen LogP contribution is 2.22. The zero-order valence-corrected chi connectivity index (χ0v) is 14.6. The minimum absolute atomic E-state index is 0.284. The van der Waals surface area contributed by atoms with Crippen molar-refractivity contribution in [3.05, 3.63) is 70.9 Å². The van der Waals surface area contributed by atoms with Crippen molar-refractivity contribution in [2.75, 3.05) is 0 Å². The van der Waals surface area contributed by atoms with E-state index in [0.717, 1.165) is 22.6 Å². The van der Waals surface area contributed by atoms with Gasteiger partial charge in [0.15, 0.2) is 0 Å². The van der Waals surface area contributed by atoms with Crippen LogP contribution in [0.4, 0.5) is 0 Å². The number of hydrogen-bond donors (Lipinski definition) is 1. The third-order valence-corrected chi connectivity index (χ3v) is 6.56. The summed E-state index contributed by atoms with van der Waals surface area (Å²) in [5.74, 6) is 0. The van der Waals surface area contributed by atoms with E-state index in [1.165, 1.54) is 11.3 Å². The van der Waals surface area contributed by atoms with Gasteiger partial charge in [0, 0.05) is 23.6 Å². The number of hydrogen-bond acceptors (Lipinski definition) is 3. The van der Waals surface area contributed by atoms with Crippen LogP contribution in [-0.2, 0) is 16.6 Å². The molecule has 0 aliphatic heterocycles. The fourth-order valence-corrected chi connectivity index (χ4v) is 4.69. The summed E-state index contributed by atoms with van der Waals surface area (Å²) in [7, 11) is -3.44. The average molecular weight is 346 g/mol. The molecule has 3 rings (SSSR count). The molecule has 0 radical (unpaired) electrons. The SMILES string of the molecule is Cc1cc(CNS(=O)(=O)c2cccs2)c(C)n1-c1ccccc1. The van der Waals surface area contributed by atoms with Crippen molar-refractivity contribution in [1.82, 2.24) is 9.29 Å². The van der Waals surface area contributed by atoms with Gasteiger partial charge in [-0.3, -0.25) is 0 Å². The Hall–Kier alpha value is -1.89. The first-order valence-electron chi connectivity index (χ1n) is 7.25. The van der Waals surface area contributed by atoms with E-state index in [1.54, 1.807) is 17.5 Å². The normalized spacial score (nSPS) is 11.7. The molecule has 0 fully saturated rings. The first-order valence-corrected chi connectivity index (χ1v) is 9.62. The highest BCUT2D eigenvalue weighted by Gasteiger charge is 2.17. The highest BCUT2D eigenvalue weighted by molar-refractivity contribution is 7.91. The molecule has 1 aromatic carbocycles. The molecule has 0 aliphatic carbocycles. The van der Waals surface area contributed by atoms with Crippen molar-refractivity contribution in [2.24, 2.45) is 0 Å². The van der Waals surface area contributed by atoms with Gasteiger partial charge in [-0.15, -0.1) is 11.3 Å². The summed E-state index contributed by atoms with van der Waals surface area (Å²) in [6.45, 7) is 4.32. The number of nitrogens with zero attached hydrogens (tertiary/aromatic N) is 1. The molecule has 120 valence electrons. The second-order valence-corrected chi connectivity index (χ2v) is 8.27. The predicted octanol–water partition coefficient (Wildman–Crippen LogP) is 3.63. The van der Waals surface area contributed by atoms with E-state index >= 15 is 0 Å². The summed E-state index contributed by atoms with van der Waals surface area (Å²) < 4.78 is 29.6. The Morgan fingerprint density at radius 3 is 2.48 bits per heavy atom. The quantitative estimate of drug-likeness (QED) is 0.767. The van der Waals surface area contributed by atoms with Crippen LogP contribution >= 0.6 is 11.3 Å². The van der Waals surface area contributed by atoms with E-state index in [0.29, 0.717) is 4.21 Å². The van der Waals surface area contributed by atoms with Crippen molar-refractivity contribution in [3.63, 3.8) is 0 Å². The maximum absolute atomic E-state index is 12.2. The Morgan fingerprint density at radius 2 is 1.83 bits per heavy atom. The Morgan fingerprint density at radius 1 is 1.09 bits per heavy atom. The molecular weight excluding hydrogens is 328 g/mol. The van der Waals surface area contributed by atoms with Gasteiger partial charge in [-0.2, -0.15) is 0 Å². The summed E-state index contributed by atoms with van der Waals surface area (Å²) in [4.78, 5) is 0. The predicted molar refractivity (Wildman–Crippen MR) is 93.6 cm³/mol. The standard InChI is InChI=1S/C17H18N2O2S2/c1-13-11-15(12-18-23(20,21)17-9-6-10-22-17)14(2)19(13)16-7-4-3-5-8-16/h3-11,18H,12H2,1-2H3. The maximum Gasteiger partial charge on any atom is 0.250 e. The first-order chi connectivity index (χ1) is 11.0. The molecule has 2 heterocycles. The molecule has 1 N–H and O–H groups in total. The second kappa shape index (κ2) is 6.31.